The number of hydrogen-bond donors (Lipinski definition) is 1. The topological polar surface area (TPSA) is 59.4 Å². The SMILES string of the molecule is CCC(Oc1ccc(Sc2cc(C#Cc3ccc(Cl)cc3)nc(C#Cc3ccc(Cl)cc3)c2)cc1C)C(=O)O. The van der Waals surface area contributed by atoms with Crippen LogP contribution >= 0.6 is 35.0 Å². The molecule has 194 valence electrons. The molecular formula is C32H23Cl2NO3S. The lowest BCUT2D eigenvalue weighted by molar-refractivity contribution is -0.145. The monoisotopic (exact) mass is 571 g/mol. The molecule has 0 saturated heterocycles. The predicted octanol–water partition coefficient (Wildman–Crippen LogP) is 7.89. The van der Waals surface area contributed by atoms with Gasteiger partial charge in [-0.1, -0.05) is 53.7 Å². The molecule has 1 aromatic heterocycles. The van der Waals surface area contributed by atoms with Crippen LogP contribution in [0.4, 0.5) is 0 Å². The fourth-order valence-corrected chi connectivity index (χ4v) is 4.68. The van der Waals surface area contributed by atoms with Gasteiger partial charge in [0.15, 0.2) is 6.10 Å². The molecule has 0 bridgehead atoms. The van der Waals surface area contributed by atoms with Gasteiger partial charge in [-0.15, -0.1) is 0 Å². The number of aromatic nitrogens is 1. The van der Waals surface area contributed by atoms with E-state index in [1.165, 1.54) is 11.8 Å². The lowest BCUT2D eigenvalue weighted by atomic mass is 10.2. The number of carboxylic acids is 1. The van der Waals surface area contributed by atoms with Crippen LogP contribution in [-0.2, 0) is 4.79 Å². The summed E-state index contributed by atoms with van der Waals surface area (Å²) in [4.78, 5) is 17.9. The Hall–Kier alpha value is -3.87. The lowest BCUT2D eigenvalue weighted by Crippen LogP contribution is -2.26. The Bertz CT molecular complexity index is 1530. The number of benzene rings is 3. The molecule has 1 N–H and O–H groups in total. The molecule has 0 aliphatic heterocycles. The molecule has 0 radical (unpaired) electrons. The van der Waals surface area contributed by atoms with Crippen LogP contribution in [-0.4, -0.2) is 22.2 Å². The summed E-state index contributed by atoms with van der Waals surface area (Å²) in [7, 11) is 0. The third-order valence-electron chi connectivity index (χ3n) is 5.45. The van der Waals surface area contributed by atoms with Gasteiger partial charge in [-0.25, -0.2) is 9.78 Å². The number of nitrogens with zero attached hydrogens (tertiary/aromatic N) is 1. The van der Waals surface area contributed by atoms with Crippen LogP contribution < -0.4 is 4.74 Å². The highest BCUT2D eigenvalue weighted by Crippen LogP contribution is 2.32. The first kappa shape index (κ1) is 28.1. The molecule has 1 atom stereocenters. The maximum Gasteiger partial charge on any atom is 0.344 e. The molecule has 4 aromatic rings. The minimum absolute atomic E-state index is 0.377. The van der Waals surface area contributed by atoms with E-state index in [2.05, 4.69) is 28.7 Å². The first-order valence-corrected chi connectivity index (χ1v) is 13.6. The molecule has 0 amide bonds. The highest BCUT2D eigenvalue weighted by molar-refractivity contribution is 7.99. The zero-order chi connectivity index (χ0) is 27.8. The standard InChI is InChI=1S/C32H23Cl2NO3S/c1-3-30(32(36)37)38-31-17-16-28(18-21(31)2)39-29-19-26(14-8-22-4-10-24(33)11-5-22)35-27(20-29)15-9-23-6-12-25(34)13-7-23/h4-7,10-13,16-20,30H,3H2,1-2H3,(H,36,37). The molecular weight excluding hydrogens is 549 g/mol. The summed E-state index contributed by atoms with van der Waals surface area (Å²) in [6, 6.07) is 24.1. The van der Waals surface area contributed by atoms with Gasteiger partial charge in [0.2, 0.25) is 0 Å². The molecule has 1 heterocycles. The van der Waals surface area contributed by atoms with E-state index in [0.717, 1.165) is 26.5 Å². The fourth-order valence-electron chi connectivity index (χ4n) is 3.45. The number of halogens is 2. The first-order valence-electron chi connectivity index (χ1n) is 12.0. The zero-order valence-corrected chi connectivity index (χ0v) is 23.5. The van der Waals surface area contributed by atoms with Gasteiger partial charge in [0.05, 0.1) is 0 Å². The van der Waals surface area contributed by atoms with Crippen molar-refractivity contribution in [3.8, 4) is 29.4 Å². The van der Waals surface area contributed by atoms with Crippen molar-refractivity contribution in [1.29, 1.82) is 0 Å². The molecule has 0 aliphatic carbocycles. The van der Waals surface area contributed by atoms with Gasteiger partial charge in [0.25, 0.3) is 0 Å². The minimum atomic E-state index is -0.980. The van der Waals surface area contributed by atoms with Crippen molar-refractivity contribution in [1.82, 2.24) is 4.98 Å². The van der Waals surface area contributed by atoms with Crippen LogP contribution in [0.2, 0.25) is 10.0 Å². The zero-order valence-electron chi connectivity index (χ0n) is 21.2. The smallest absolute Gasteiger partial charge is 0.344 e. The Morgan fingerprint density at radius 1 is 0.846 bits per heavy atom. The van der Waals surface area contributed by atoms with Crippen molar-refractivity contribution in [2.24, 2.45) is 0 Å². The Kier molecular flexibility index (Phi) is 9.58. The van der Waals surface area contributed by atoms with E-state index in [-0.39, 0.29) is 0 Å². The number of rotatable bonds is 6. The molecule has 4 nitrogen and oxygen atoms in total. The lowest BCUT2D eigenvalue weighted by Gasteiger charge is -2.15. The number of aliphatic carboxylic acids is 1. The van der Waals surface area contributed by atoms with Gasteiger partial charge in [0.1, 0.15) is 17.1 Å². The summed E-state index contributed by atoms with van der Waals surface area (Å²) in [5, 5.41) is 10.6. The molecule has 0 aliphatic rings. The van der Waals surface area contributed by atoms with E-state index in [4.69, 9.17) is 27.9 Å². The number of hydrogen-bond acceptors (Lipinski definition) is 4. The van der Waals surface area contributed by atoms with Crippen molar-refractivity contribution >= 4 is 40.9 Å². The summed E-state index contributed by atoms with van der Waals surface area (Å²) < 4.78 is 5.69. The highest BCUT2D eigenvalue weighted by Gasteiger charge is 2.18. The van der Waals surface area contributed by atoms with E-state index >= 15 is 0 Å². The molecule has 1 unspecified atom stereocenters. The Balaban J connectivity index is 1.64. The quantitative estimate of drug-likeness (QED) is 0.238. The molecule has 0 spiro atoms. The third kappa shape index (κ3) is 8.31. The molecule has 4 rings (SSSR count). The van der Waals surface area contributed by atoms with Crippen molar-refractivity contribution in [3.05, 3.63) is 117 Å². The largest absolute Gasteiger partial charge is 0.479 e. The van der Waals surface area contributed by atoms with Crippen molar-refractivity contribution < 1.29 is 14.6 Å². The van der Waals surface area contributed by atoms with Crippen LogP contribution in [0.3, 0.4) is 0 Å². The van der Waals surface area contributed by atoms with Crippen LogP contribution in [0.1, 0.15) is 41.4 Å². The van der Waals surface area contributed by atoms with Gasteiger partial charge < -0.3 is 9.84 Å². The van der Waals surface area contributed by atoms with E-state index in [0.29, 0.717) is 33.6 Å². The predicted molar refractivity (Wildman–Crippen MR) is 157 cm³/mol. The van der Waals surface area contributed by atoms with E-state index < -0.39 is 12.1 Å². The number of carbonyl (C=O) groups is 1. The molecule has 7 heteroatoms. The van der Waals surface area contributed by atoms with E-state index in [9.17, 15) is 9.90 Å². The average Bonchev–Trinajstić information content (AvgIpc) is 2.92. The first-order chi connectivity index (χ1) is 18.8. The summed E-state index contributed by atoms with van der Waals surface area (Å²) in [6.45, 7) is 3.68. The Labute approximate surface area is 242 Å². The molecule has 39 heavy (non-hydrogen) atoms. The highest BCUT2D eigenvalue weighted by atomic mass is 35.5. The second-order valence-electron chi connectivity index (χ2n) is 8.47. The maximum atomic E-state index is 11.4. The third-order valence-corrected chi connectivity index (χ3v) is 6.92. The van der Waals surface area contributed by atoms with E-state index in [1.54, 1.807) is 37.3 Å². The normalized spacial score (nSPS) is 11.0. The second-order valence-corrected chi connectivity index (χ2v) is 10.5. The number of carboxylic acid groups (broad SMARTS) is 1. The van der Waals surface area contributed by atoms with Crippen LogP contribution in [0.5, 0.6) is 5.75 Å². The van der Waals surface area contributed by atoms with Gasteiger partial charge in [-0.3, -0.25) is 0 Å². The summed E-state index contributed by atoms with van der Waals surface area (Å²) in [5.41, 5.74) is 3.66. The second kappa shape index (κ2) is 13.3. The van der Waals surface area contributed by atoms with Gasteiger partial charge in [0, 0.05) is 31.0 Å². The van der Waals surface area contributed by atoms with Crippen molar-refractivity contribution in [2.45, 2.75) is 36.2 Å². The van der Waals surface area contributed by atoms with Gasteiger partial charge in [-0.2, -0.15) is 0 Å². The summed E-state index contributed by atoms with van der Waals surface area (Å²) >= 11 is 13.5. The minimum Gasteiger partial charge on any atom is -0.479 e. The van der Waals surface area contributed by atoms with Crippen molar-refractivity contribution in [2.75, 3.05) is 0 Å². The molecule has 0 fully saturated rings. The number of aryl methyl sites for hydroxylation is 1. The van der Waals surface area contributed by atoms with Crippen LogP contribution in [0.25, 0.3) is 0 Å². The fraction of sp³-hybridized carbons (Fsp3) is 0.125. The van der Waals surface area contributed by atoms with Crippen LogP contribution in [0.15, 0.2) is 88.7 Å². The van der Waals surface area contributed by atoms with Crippen LogP contribution in [0, 0.1) is 30.6 Å². The molecule has 0 saturated carbocycles. The number of pyridine rings is 1. The Morgan fingerprint density at radius 3 is 1.85 bits per heavy atom. The molecule has 3 aromatic carbocycles. The van der Waals surface area contributed by atoms with Crippen molar-refractivity contribution in [3.63, 3.8) is 0 Å². The number of ether oxygens (including phenoxy) is 1. The van der Waals surface area contributed by atoms with Gasteiger partial charge in [-0.05, 0) is 110 Å². The summed E-state index contributed by atoms with van der Waals surface area (Å²) in [6.07, 6.45) is -0.506. The maximum absolute atomic E-state index is 11.4. The Morgan fingerprint density at radius 2 is 1.38 bits per heavy atom. The van der Waals surface area contributed by atoms with Gasteiger partial charge >= 0.3 is 5.97 Å². The summed E-state index contributed by atoms with van der Waals surface area (Å²) in [5.74, 6) is 12.1. The van der Waals surface area contributed by atoms with E-state index in [1.807, 2.05) is 55.5 Å². The average molecular weight is 573 g/mol.